The SMILES string of the molecule is O=C(O)[C@@H]1[C@H](C(=O)Nc2ccc3ccccc3c2)[C@@H]2C=C[C@H]1C2. The van der Waals surface area contributed by atoms with E-state index in [1.54, 1.807) is 0 Å². The smallest absolute Gasteiger partial charge is 0.307 e. The molecule has 1 saturated carbocycles. The summed E-state index contributed by atoms with van der Waals surface area (Å²) >= 11 is 0. The molecule has 0 unspecified atom stereocenters. The van der Waals surface area contributed by atoms with Gasteiger partial charge >= 0.3 is 5.97 Å². The summed E-state index contributed by atoms with van der Waals surface area (Å²) in [7, 11) is 0. The van der Waals surface area contributed by atoms with E-state index in [1.807, 2.05) is 54.6 Å². The molecule has 4 atom stereocenters. The monoisotopic (exact) mass is 307 g/mol. The van der Waals surface area contributed by atoms with E-state index in [-0.39, 0.29) is 17.7 Å². The number of anilines is 1. The van der Waals surface area contributed by atoms with Gasteiger partial charge in [0.1, 0.15) is 0 Å². The van der Waals surface area contributed by atoms with Gasteiger partial charge in [-0.2, -0.15) is 0 Å². The molecular weight excluding hydrogens is 290 g/mol. The maximum absolute atomic E-state index is 12.6. The fraction of sp³-hybridized carbons (Fsp3) is 0.263. The van der Waals surface area contributed by atoms with Crippen molar-refractivity contribution in [3.63, 3.8) is 0 Å². The number of carbonyl (C=O) groups excluding carboxylic acids is 1. The first-order valence-electron chi connectivity index (χ1n) is 7.84. The van der Waals surface area contributed by atoms with Crippen molar-refractivity contribution in [1.29, 1.82) is 0 Å². The van der Waals surface area contributed by atoms with Crippen molar-refractivity contribution in [3.8, 4) is 0 Å². The van der Waals surface area contributed by atoms with Crippen LogP contribution in [0, 0.1) is 23.7 Å². The number of hydrogen-bond acceptors (Lipinski definition) is 2. The third-order valence-corrected chi connectivity index (χ3v) is 5.06. The van der Waals surface area contributed by atoms with Crippen molar-refractivity contribution in [2.24, 2.45) is 23.7 Å². The predicted octanol–water partition coefficient (Wildman–Crippen LogP) is 3.30. The second-order valence-electron chi connectivity index (χ2n) is 6.39. The predicted molar refractivity (Wildman–Crippen MR) is 87.9 cm³/mol. The van der Waals surface area contributed by atoms with E-state index in [4.69, 9.17) is 0 Å². The normalized spacial score (nSPS) is 28.2. The van der Waals surface area contributed by atoms with Gasteiger partial charge in [0.25, 0.3) is 0 Å². The molecule has 4 rings (SSSR count). The van der Waals surface area contributed by atoms with Gasteiger partial charge in [0.15, 0.2) is 0 Å². The molecule has 0 spiro atoms. The Bertz CT molecular complexity index is 826. The van der Waals surface area contributed by atoms with Crippen molar-refractivity contribution in [2.75, 3.05) is 5.32 Å². The van der Waals surface area contributed by atoms with Gasteiger partial charge in [0, 0.05) is 5.69 Å². The average molecular weight is 307 g/mol. The molecule has 0 radical (unpaired) electrons. The summed E-state index contributed by atoms with van der Waals surface area (Å²) in [6.45, 7) is 0. The molecule has 0 heterocycles. The Morgan fingerprint density at radius 1 is 0.957 bits per heavy atom. The Labute approximate surface area is 133 Å². The minimum atomic E-state index is -0.875. The third kappa shape index (κ3) is 2.31. The zero-order chi connectivity index (χ0) is 16.0. The van der Waals surface area contributed by atoms with E-state index < -0.39 is 17.8 Å². The lowest BCUT2D eigenvalue weighted by Crippen LogP contribution is -2.36. The highest BCUT2D eigenvalue weighted by atomic mass is 16.4. The van der Waals surface area contributed by atoms with Crippen LogP contribution in [0.1, 0.15) is 6.42 Å². The van der Waals surface area contributed by atoms with Crippen LogP contribution in [0.3, 0.4) is 0 Å². The molecular formula is C19H17NO3. The molecule has 2 aromatic rings. The number of allylic oxidation sites excluding steroid dienone is 2. The van der Waals surface area contributed by atoms with Gasteiger partial charge in [0.2, 0.25) is 5.91 Å². The van der Waals surface area contributed by atoms with E-state index in [0.29, 0.717) is 5.69 Å². The van der Waals surface area contributed by atoms with E-state index in [0.717, 1.165) is 17.2 Å². The first-order chi connectivity index (χ1) is 11.1. The number of carbonyl (C=O) groups is 2. The summed E-state index contributed by atoms with van der Waals surface area (Å²) in [5.74, 6) is -2.11. The van der Waals surface area contributed by atoms with E-state index in [1.165, 1.54) is 0 Å². The molecule has 0 aliphatic heterocycles. The Balaban J connectivity index is 1.59. The quantitative estimate of drug-likeness (QED) is 0.855. The summed E-state index contributed by atoms with van der Waals surface area (Å²) in [4.78, 5) is 24.2. The molecule has 23 heavy (non-hydrogen) atoms. The van der Waals surface area contributed by atoms with Crippen LogP contribution in [0.2, 0.25) is 0 Å². The van der Waals surface area contributed by atoms with Crippen LogP contribution in [0.4, 0.5) is 5.69 Å². The number of nitrogens with one attached hydrogen (secondary N) is 1. The minimum Gasteiger partial charge on any atom is -0.481 e. The molecule has 2 aliphatic rings. The second-order valence-corrected chi connectivity index (χ2v) is 6.39. The van der Waals surface area contributed by atoms with Crippen LogP contribution in [0.25, 0.3) is 10.8 Å². The number of carboxylic acids is 1. The van der Waals surface area contributed by atoms with Crippen LogP contribution in [-0.4, -0.2) is 17.0 Å². The highest BCUT2D eigenvalue weighted by molar-refractivity contribution is 5.98. The van der Waals surface area contributed by atoms with Crippen LogP contribution < -0.4 is 5.32 Å². The Morgan fingerprint density at radius 2 is 1.65 bits per heavy atom. The van der Waals surface area contributed by atoms with E-state index in [9.17, 15) is 14.7 Å². The van der Waals surface area contributed by atoms with Gasteiger partial charge in [-0.15, -0.1) is 0 Å². The maximum Gasteiger partial charge on any atom is 0.307 e. The average Bonchev–Trinajstić information content (AvgIpc) is 3.15. The standard InChI is InChI=1S/C19H17NO3/c21-18(16-13-5-6-14(9-13)17(16)19(22)23)20-15-8-7-11-3-1-2-4-12(11)10-15/h1-8,10,13-14,16-17H,9H2,(H,20,21)(H,22,23)/t13-,14+,16-,17+/m1/s1. The summed E-state index contributed by atoms with van der Waals surface area (Å²) < 4.78 is 0. The van der Waals surface area contributed by atoms with Gasteiger partial charge in [-0.1, -0.05) is 42.5 Å². The van der Waals surface area contributed by atoms with Gasteiger partial charge < -0.3 is 10.4 Å². The second kappa shape index (κ2) is 5.23. The van der Waals surface area contributed by atoms with Gasteiger partial charge in [0.05, 0.1) is 11.8 Å². The maximum atomic E-state index is 12.6. The lowest BCUT2D eigenvalue weighted by molar-refractivity contribution is -0.146. The Morgan fingerprint density at radius 3 is 2.39 bits per heavy atom. The summed E-state index contributed by atoms with van der Waals surface area (Å²) in [5, 5.41) is 14.5. The van der Waals surface area contributed by atoms with Crippen LogP contribution in [0.5, 0.6) is 0 Å². The molecule has 2 N–H and O–H groups in total. The summed E-state index contributed by atoms with van der Waals surface area (Å²) in [6, 6.07) is 13.7. The fourth-order valence-corrected chi connectivity index (χ4v) is 4.01. The lowest BCUT2D eigenvalue weighted by atomic mass is 9.82. The molecule has 2 bridgehead atoms. The van der Waals surface area contributed by atoms with Gasteiger partial charge in [-0.05, 0) is 41.2 Å². The molecule has 0 aromatic heterocycles. The first kappa shape index (κ1) is 14.0. The zero-order valence-corrected chi connectivity index (χ0v) is 12.5. The number of fused-ring (bicyclic) bond motifs is 3. The molecule has 1 fully saturated rings. The Kier molecular flexibility index (Phi) is 3.18. The van der Waals surface area contributed by atoms with E-state index in [2.05, 4.69) is 5.32 Å². The van der Waals surface area contributed by atoms with Crippen molar-refractivity contribution >= 4 is 28.3 Å². The minimum absolute atomic E-state index is 0.00939. The topological polar surface area (TPSA) is 66.4 Å². The largest absolute Gasteiger partial charge is 0.481 e. The van der Waals surface area contributed by atoms with Crippen molar-refractivity contribution < 1.29 is 14.7 Å². The van der Waals surface area contributed by atoms with E-state index >= 15 is 0 Å². The third-order valence-electron chi connectivity index (χ3n) is 5.06. The summed E-state index contributed by atoms with van der Waals surface area (Å²) in [5.41, 5.74) is 0.713. The number of carboxylic acid groups (broad SMARTS) is 1. The van der Waals surface area contributed by atoms with Gasteiger partial charge in [-0.25, -0.2) is 0 Å². The number of aliphatic carboxylic acids is 1. The molecule has 1 amide bonds. The van der Waals surface area contributed by atoms with Crippen LogP contribution in [-0.2, 0) is 9.59 Å². The Hall–Kier alpha value is -2.62. The zero-order valence-electron chi connectivity index (χ0n) is 12.5. The highest BCUT2D eigenvalue weighted by Gasteiger charge is 2.51. The van der Waals surface area contributed by atoms with Crippen LogP contribution >= 0.6 is 0 Å². The molecule has 2 aromatic carbocycles. The number of hydrogen-bond donors (Lipinski definition) is 2. The van der Waals surface area contributed by atoms with Crippen molar-refractivity contribution in [3.05, 3.63) is 54.6 Å². The van der Waals surface area contributed by atoms with Crippen molar-refractivity contribution in [1.82, 2.24) is 0 Å². The van der Waals surface area contributed by atoms with Crippen molar-refractivity contribution in [2.45, 2.75) is 6.42 Å². The highest BCUT2D eigenvalue weighted by Crippen LogP contribution is 2.48. The molecule has 4 nitrogen and oxygen atoms in total. The fourth-order valence-electron chi connectivity index (χ4n) is 4.01. The molecule has 0 saturated heterocycles. The molecule has 2 aliphatic carbocycles. The number of benzene rings is 2. The molecule has 116 valence electrons. The first-order valence-corrected chi connectivity index (χ1v) is 7.84. The summed E-state index contributed by atoms with van der Waals surface area (Å²) in [6.07, 6.45) is 4.71. The lowest BCUT2D eigenvalue weighted by Gasteiger charge is -2.23. The molecule has 4 heteroatoms. The number of amides is 1. The van der Waals surface area contributed by atoms with Gasteiger partial charge in [-0.3, -0.25) is 9.59 Å². The number of rotatable bonds is 3. The van der Waals surface area contributed by atoms with Crippen LogP contribution in [0.15, 0.2) is 54.6 Å².